The number of nitrogens with one attached hydrogen (secondary N) is 1. The topological polar surface area (TPSA) is 140 Å². The van der Waals surface area contributed by atoms with Crippen molar-refractivity contribution in [3.63, 3.8) is 0 Å². The fraction of sp³-hybridized carbons (Fsp3) is 0.452. The molecule has 0 aliphatic heterocycles. The molecule has 0 fully saturated rings. The first-order valence-electron chi connectivity index (χ1n) is 14.9. The van der Waals surface area contributed by atoms with Crippen molar-refractivity contribution < 1.29 is 27.9 Å². The number of esters is 1. The van der Waals surface area contributed by atoms with E-state index in [4.69, 9.17) is 40.8 Å². The fourth-order valence-corrected chi connectivity index (χ4v) is 6.47. The van der Waals surface area contributed by atoms with Crippen LogP contribution in [0.5, 0.6) is 5.75 Å². The van der Waals surface area contributed by atoms with Gasteiger partial charge in [-0.15, -0.1) is 0 Å². The van der Waals surface area contributed by atoms with E-state index < -0.39 is 19.8 Å². The third-order valence-corrected chi connectivity index (χ3v) is 8.75. The fourth-order valence-electron chi connectivity index (χ4n) is 4.82. The van der Waals surface area contributed by atoms with Crippen LogP contribution in [0.1, 0.15) is 65.7 Å². The molecule has 11 nitrogen and oxygen atoms in total. The number of unbranched alkanes of at least 4 members (excludes halogenated alkanes) is 1. The number of nitrogen functional groups attached to an aromatic ring is 1. The zero-order valence-electron chi connectivity index (χ0n) is 25.8. The highest BCUT2D eigenvalue weighted by atomic mass is 35.5. The van der Waals surface area contributed by atoms with Gasteiger partial charge in [-0.2, -0.15) is 5.09 Å². The number of hydrogen-bond acceptors (Lipinski definition) is 9. The second-order valence-corrected chi connectivity index (χ2v) is 12.8. The molecule has 0 saturated carbocycles. The molecule has 238 valence electrons. The number of halogens is 1. The first kappa shape index (κ1) is 33.7. The number of imidazole rings is 1. The number of nitrogens with zero attached hydrogens (tertiary/aromatic N) is 3. The number of benzene rings is 2. The molecule has 0 amide bonds. The highest BCUT2D eigenvalue weighted by Crippen LogP contribution is 2.46. The standard InChI is InChI=1S/C31H41ClN5O6P/c1-6-8-11-23(37-27(19-40-7-2)35-28-29(37)25-12-9-10-13-26(25)34-30(28)33)18-41-44(39,36-21(5)31(38)42-20(3)4)43-24-16-14-22(32)15-17-24/h9-10,12-17,20-21,23H,6-8,11,18-19H2,1-5H3,(H2,33,34)(H,36,39)/t21-,23+,44?/m0/s1. The van der Waals surface area contributed by atoms with Crippen LogP contribution in [0.4, 0.5) is 5.82 Å². The first-order valence-corrected chi connectivity index (χ1v) is 16.8. The maximum Gasteiger partial charge on any atom is 0.459 e. The predicted molar refractivity (Wildman–Crippen MR) is 173 cm³/mol. The van der Waals surface area contributed by atoms with Gasteiger partial charge >= 0.3 is 13.7 Å². The van der Waals surface area contributed by atoms with Crippen LogP contribution in [0.2, 0.25) is 5.02 Å². The van der Waals surface area contributed by atoms with Gasteiger partial charge in [-0.1, -0.05) is 49.6 Å². The van der Waals surface area contributed by atoms with E-state index in [2.05, 4.69) is 21.6 Å². The lowest BCUT2D eigenvalue weighted by Crippen LogP contribution is -2.36. The molecule has 0 spiro atoms. The van der Waals surface area contributed by atoms with Gasteiger partial charge in [0.2, 0.25) is 0 Å². The second kappa shape index (κ2) is 15.2. The minimum Gasteiger partial charge on any atom is -0.462 e. The molecule has 44 heavy (non-hydrogen) atoms. The Morgan fingerprint density at radius 1 is 1.09 bits per heavy atom. The Balaban J connectivity index is 1.76. The molecule has 0 saturated heterocycles. The van der Waals surface area contributed by atoms with Crippen molar-refractivity contribution >= 4 is 53.1 Å². The minimum absolute atomic E-state index is 0.0368. The van der Waals surface area contributed by atoms with E-state index in [1.165, 1.54) is 0 Å². The molecular formula is C31H41ClN5O6P. The maximum absolute atomic E-state index is 14.3. The molecule has 2 aromatic carbocycles. The summed E-state index contributed by atoms with van der Waals surface area (Å²) in [7, 11) is -4.15. The number of anilines is 1. The molecule has 0 aliphatic carbocycles. The molecule has 0 radical (unpaired) electrons. The van der Waals surface area contributed by atoms with Gasteiger partial charge in [0.05, 0.1) is 29.8 Å². The zero-order chi connectivity index (χ0) is 31.9. The molecule has 3 N–H and O–H groups in total. The SMILES string of the molecule is CCCC[C@H](COP(=O)(N[C@@H](C)C(=O)OC(C)C)Oc1ccc(Cl)cc1)n1c(COCC)nc2c(N)nc3ccccc3c21. The number of aromatic nitrogens is 3. The number of fused-ring (bicyclic) bond motifs is 3. The second-order valence-electron chi connectivity index (χ2n) is 10.7. The summed E-state index contributed by atoms with van der Waals surface area (Å²) in [5, 5.41) is 4.13. The van der Waals surface area contributed by atoms with Gasteiger partial charge in [-0.3, -0.25) is 9.32 Å². The molecule has 1 unspecified atom stereocenters. The van der Waals surface area contributed by atoms with Gasteiger partial charge in [0.1, 0.15) is 29.7 Å². The number of hydrogen-bond donors (Lipinski definition) is 2. The number of para-hydroxylation sites is 1. The lowest BCUT2D eigenvalue weighted by Gasteiger charge is -2.27. The first-order chi connectivity index (χ1) is 21.0. The zero-order valence-corrected chi connectivity index (χ0v) is 27.4. The van der Waals surface area contributed by atoms with Crippen LogP contribution < -0.4 is 15.3 Å². The Bertz CT molecular complexity index is 1610. The molecule has 0 bridgehead atoms. The molecular weight excluding hydrogens is 605 g/mol. The van der Waals surface area contributed by atoms with Gasteiger partial charge in [0.15, 0.2) is 5.82 Å². The summed E-state index contributed by atoms with van der Waals surface area (Å²) in [6.07, 6.45) is 2.10. The van der Waals surface area contributed by atoms with Crippen LogP contribution >= 0.6 is 19.3 Å². The normalized spacial score (nSPS) is 14.5. The summed E-state index contributed by atoms with van der Waals surface area (Å²) in [6, 6.07) is 12.8. The highest BCUT2D eigenvalue weighted by Gasteiger charge is 2.34. The third kappa shape index (κ3) is 8.28. The third-order valence-electron chi connectivity index (χ3n) is 6.85. The van der Waals surface area contributed by atoms with E-state index in [0.29, 0.717) is 35.2 Å². The number of pyridine rings is 1. The van der Waals surface area contributed by atoms with E-state index >= 15 is 0 Å². The molecule has 3 atom stereocenters. The van der Waals surface area contributed by atoms with E-state index in [1.54, 1.807) is 45.0 Å². The van der Waals surface area contributed by atoms with Crippen molar-refractivity contribution in [2.24, 2.45) is 0 Å². The summed E-state index contributed by atoms with van der Waals surface area (Å²) in [5.74, 6) is 0.628. The van der Waals surface area contributed by atoms with Crippen molar-refractivity contribution in [3.8, 4) is 5.75 Å². The van der Waals surface area contributed by atoms with Gasteiger partial charge < -0.3 is 24.3 Å². The van der Waals surface area contributed by atoms with E-state index in [-0.39, 0.29) is 31.1 Å². The summed E-state index contributed by atoms with van der Waals surface area (Å²) < 4.78 is 39.6. The van der Waals surface area contributed by atoms with Crippen molar-refractivity contribution in [3.05, 3.63) is 59.4 Å². The Morgan fingerprint density at radius 2 is 1.82 bits per heavy atom. The van der Waals surface area contributed by atoms with Gasteiger partial charge in [0, 0.05) is 17.0 Å². The van der Waals surface area contributed by atoms with E-state index in [0.717, 1.165) is 29.3 Å². The van der Waals surface area contributed by atoms with Gasteiger partial charge in [0.25, 0.3) is 0 Å². The van der Waals surface area contributed by atoms with Crippen LogP contribution in [-0.4, -0.2) is 45.9 Å². The van der Waals surface area contributed by atoms with Crippen LogP contribution in [0.15, 0.2) is 48.5 Å². The van der Waals surface area contributed by atoms with Crippen LogP contribution in [0, 0.1) is 0 Å². The molecule has 0 aliphatic rings. The van der Waals surface area contributed by atoms with Crippen molar-refractivity contribution in [2.45, 2.75) is 78.7 Å². The highest BCUT2D eigenvalue weighted by molar-refractivity contribution is 7.52. The summed E-state index contributed by atoms with van der Waals surface area (Å²) in [6.45, 7) is 9.73. The van der Waals surface area contributed by atoms with Gasteiger partial charge in [-0.25, -0.2) is 14.5 Å². The maximum atomic E-state index is 14.3. The lowest BCUT2D eigenvalue weighted by molar-refractivity contribution is -0.149. The number of carbonyl (C=O) groups is 1. The Hall–Kier alpha value is -3.21. The quantitative estimate of drug-likeness (QED) is 0.0948. The molecule has 4 aromatic rings. The smallest absolute Gasteiger partial charge is 0.459 e. The number of nitrogens with two attached hydrogens (primary N) is 1. The van der Waals surface area contributed by atoms with E-state index in [1.807, 2.05) is 31.2 Å². The van der Waals surface area contributed by atoms with Crippen LogP contribution in [0.25, 0.3) is 21.9 Å². The molecule has 4 rings (SSSR count). The van der Waals surface area contributed by atoms with Crippen LogP contribution in [-0.2, 0) is 30.0 Å². The Kier molecular flexibility index (Phi) is 11.6. The minimum atomic E-state index is -4.15. The predicted octanol–water partition coefficient (Wildman–Crippen LogP) is 7.22. The number of carbonyl (C=O) groups excluding carboxylic acids is 1. The van der Waals surface area contributed by atoms with Crippen molar-refractivity contribution in [2.75, 3.05) is 18.9 Å². The largest absolute Gasteiger partial charge is 0.462 e. The van der Waals surface area contributed by atoms with E-state index in [9.17, 15) is 9.36 Å². The van der Waals surface area contributed by atoms with Crippen molar-refractivity contribution in [1.82, 2.24) is 19.6 Å². The van der Waals surface area contributed by atoms with Gasteiger partial charge in [-0.05, 0) is 64.4 Å². The lowest BCUT2D eigenvalue weighted by atomic mass is 10.1. The molecule has 2 aromatic heterocycles. The summed E-state index contributed by atoms with van der Waals surface area (Å²) in [5.41, 5.74) is 8.49. The average Bonchev–Trinajstić information content (AvgIpc) is 3.37. The average molecular weight is 646 g/mol. The number of ether oxygens (including phenoxy) is 2. The Morgan fingerprint density at radius 3 is 2.50 bits per heavy atom. The molecule has 13 heteroatoms. The van der Waals surface area contributed by atoms with Crippen LogP contribution in [0.3, 0.4) is 0 Å². The molecule has 2 heterocycles. The number of rotatable bonds is 16. The summed E-state index contributed by atoms with van der Waals surface area (Å²) >= 11 is 6.05. The monoisotopic (exact) mass is 645 g/mol. The summed E-state index contributed by atoms with van der Waals surface area (Å²) in [4.78, 5) is 22.1. The Labute approximate surface area is 263 Å². The van der Waals surface area contributed by atoms with Crippen molar-refractivity contribution in [1.29, 1.82) is 0 Å².